The number of nitrogens with zero attached hydrogens (tertiary/aromatic N) is 6. The normalized spacial score (nSPS) is 12.3. The standard InChI is InChI=1S/C26H27N7OS2/c1-4-32(5-2)17(3)15-28-25(34)18-13-21(30-22(14-18)26-27-9-12-36-26)19-16-29-33-10-8-20(31-24(19)33)23-7-6-11-35-23/h6-14,16-17H,4-5,15H2,1-3H3,(H,28,34)/t17-/m0/s1. The van der Waals surface area contributed by atoms with Gasteiger partial charge in [0.15, 0.2) is 5.65 Å². The zero-order valence-corrected chi connectivity index (χ0v) is 22.0. The third kappa shape index (κ3) is 4.92. The summed E-state index contributed by atoms with van der Waals surface area (Å²) in [5.41, 5.74) is 4.14. The van der Waals surface area contributed by atoms with Crippen LogP contribution in [0.3, 0.4) is 0 Å². The highest BCUT2D eigenvalue weighted by atomic mass is 32.1. The number of carbonyl (C=O) groups excluding carboxylic acids is 1. The van der Waals surface area contributed by atoms with Crippen molar-refractivity contribution in [2.75, 3.05) is 19.6 Å². The lowest BCUT2D eigenvalue weighted by Gasteiger charge is -2.26. The zero-order valence-electron chi connectivity index (χ0n) is 20.4. The fraction of sp³-hybridized carbons (Fsp3) is 0.269. The third-order valence-electron chi connectivity index (χ3n) is 6.15. The van der Waals surface area contributed by atoms with Gasteiger partial charge in [-0.3, -0.25) is 9.69 Å². The maximum Gasteiger partial charge on any atom is 0.251 e. The van der Waals surface area contributed by atoms with Crippen LogP contribution in [-0.2, 0) is 0 Å². The highest BCUT2D eigenvalue weighted by molar-refractivity contribution is 7.13. The summed E-state index contributed by atoms with van der Waals surface area (Å²) in [6.45, 7) is 8.83. The summed E-state index contributed by atoms with van der Waals surface area (Å²) in [5, 5.41) is 12.3. The van der Waals surface area contributed by atoms with Gasteiger partial charge >= 0.3 is 0 Å². The van der Waals surface area contributed by atoms with E-state index < -0.39 is 0 Å². The lowest BCUT2D eigenvalue weighted by atomic mass is 10.1. The number of fused-ring (bicyclic) bond motifs is 1. The quantitative estimate of drug-likeness (QED) is 0.293. The van der Waals surface area contributed by atoms with Crippen LogP contribution < -0.4 is 5.32 Å². The van der Waals surface area contributed by atoms with E-state index in [1.165, 1.54) is 11.3 Å². The largest absolute Gasteiger partial charge is 0.350 e. The van der Waals surface area contributed by atoms with Gasteiger partial charge in [-0.05, 0) is 49.7 Å². The zero-order chi connectivity index (χ0) is 25.1. The number of likely N-dealkylation sites (N-methyl/N-ethyl adjacent to an activating group) is 1. The molecule has 8 nitrogen and oxygen atoms in total. The van der Waals surface area contributed by atoms with Gasteiger partial charge in [0.2, 0.25) is 0 Å². The number of pyridine rings is 1. The highest BCUT2D eigenvalue weighted by Crippen LogP contribution is 2.30. The van der Waals surface area contributed by atoms with Gasteiger partial charge in [-0.1, -0.05) is 19.9 Å². The van der Waals surface area contributed by atoms with Crippen LogP contribution in [0.2, 0.25) is 0 Å². The van der Waals surface area contributed by atoms with Crippen molar-refractivity contribution in [1.82, 2.24) is 34.8 Å². The molecule has 0 aliphatic carbocycles. The molecule has 5 rings (SSSR count). The molecule has 5 aromatic heterocycles. The molecule has 0 saturated carbocycles. The second-order valence-corrected chi connectivity index (χ2v) is 10.2. The Labute approximate surface area is 217 Å². The van der Waals surface area contributed by atoms with Gasteiger partial charge in [-0.25, -0.2) is 19.5 Å². The molecule has 5 aromatic rings. The van der Waals surface area contributed by atoms with Crippen LogP contribution in [0.25, 0.3) is 38.2 Å². The molecule has 0 spiro atoms. The fourth-order valence-electron chi connectivity index (χ4n) is 4.19. The van der Waals surface area contributed by atoms with Crippen LogP contribution in [0.4, 0.5) is 0 Å². The second-order valence-electron chi connectivity index (χ2n) is 8.36. The van der Waals surface area contributed by atoms with Gasteiger partial charge in [0.05, 0.1) is 28.0 Å². The predicted octanol–water partition coefficient (Wildman–Crippen LogP) is 5.10. The van der Waals surface area contributed by atoms with Gasteiger partial charge in [0.25, 0.3) is 5.91 Å². The van der Waals surface area contributed by atoms with Gasteiger partial charge in [0, 0.05) is 35.9 Å². The molecule has 36 heavy (non-hydrogen) atoms. The van der Waals surface area contributed by atoms with Crippen molar-refractivity contribution >= 4 is 34.2 Å². The minimum atomic E-state index is -0.140. The van der Waals surface area contributed by atoms with Crippen molar-refractivity contribution in [1.29, 1.82) is 0 Å². The molecule has 1 atom stereocenters. The monoisotopic (exact) mass is 517 g/mol. The molecule has 0 saturated heterocycles. The molecule has 1 amide bonds. The minimum Gasteiger partial charge on any atom is -0.350 e. The molecular formula is C26H27N7OS2. The molecule has 0 aromatic carbocycles. The Morgan fingerprint density at radius 3 is 2.64 bits per heavy atom. The van der Waals surface area contributed by atoms with Gasteiger partial charge < -0.3 is 5.32 Å². The molecule has 1 N–H and O–H groups in total. The molecule has 0 unspecified atom stereocenters. The number of hydrogen-bond donors (Lipinski definition) is 1. The number of thiazole rings is 1. The maximum absolute atomic E-state index is 13.3. The Balaban J connectivity index is 1.53. The Morgan fingerprint density at radius 2 is 1.92 bits per heavy atom. The lowest BCUT2D eigenvalue weighted by Crippen LogP contribution is -2.42. The van der Waals surface area contributed by atoms with E-state index in [-0.39, 0.29) is 11.9 Å². The van der Waals surface area contributed by atoms with Crippen molar-refractivity contribution in [2.24, 2.45) is 0 Å². The minimum absolute atomic E-state index is 0.140. The Morgan fingerprint density at radius 1 is 1.08 bits per heavy atom. The van der Waals surface area contributed by atoms with E-state index in [2.05, 4.69) is 41.1 Å². The van der Waals surface area contributed by atoms with E-state index in [1.54, 1.807) is 34.3 Å². The Kier molecular flexibility index (Phi) is 7.17. The van der Waals surface area contributed by atoms with Crippen LogP contribution in [-0.4, -0.2) is 61.0 Å². The first-order valence-corrected chi connectivity index (χ1v) is 13.7. The van der Waals surface area contributed by atoms with Crippen LogP contribution in [0.5, 0.6) is 0 Å². The average molecular weight is 518 g/mol. The Bertz CT molecular complexity index is 1460. The predicted molar refractivity (Wildman–Crippen MR) is 145 cm³/mol. The number of rotatable bonds is 9. The van der Waals surface area contributed by atoms with Crippen LogP contribution in [0.15, 0.2) is 59.7 Å². The van der Waals surface area contributed by atoms with Gasteiger partial charge in [0.1, 0.15) is 10.7 Å². The van der Waals surface area contributed by atoms with Crippen LogP contribution in [0, 0.1) is 0 Å². The Hall–Kier alpha value is -3.47. The van der Waals surface area contributed by atoms with Crippen molar-refractivity contribution in [3.63, 3.8) is 0 Å². The number of thiophene rings is 1. The fourth-order valence-corrected chi connectivity index (χ4v) is 5.48. The smallest absolute Gasteiger partial charge is 0.251 e. The molecule has 0 bridgehead atoms. The summed E-state index contributed by atoms with van der Waals surface area (Å²) in [6.07, 6.45) is 5.39. The van der Waals surface area contributed by atoms with E-state index >= 15 is 0 Å². The van der Waals surface area contributed by atoms with E-state index in [9.17, 15) is 4.79 Å². The molecule has 0 fully saturated rings. The number of hydrogen-bond acceptors (Lipinski definition) is 8. The first-order chi connectivity index (χ1) is 17.6. The summed E-state index contributed by atoms with van der Waals surface area (Å²) in [4.78, 5) is 30.8. The summed E-state index contributed by atoms with van der Waals surface area (Å²) in [7, 11) is 0. The molecule has 5 heterocycles. The molecule has 184 valence electrons. The highest BCUT2D eigenvalue weighted by Gasteiger charge is 2.18. The van der Waals surface area contributed by atoms with Crippen LogP contribution >= 0.6 is 22.7 Å². The molecule has 0 aliphatic rings. The first kappa shape index (κ1) is 24.2. The van der Waals surface area contributed by atoms with E-state index in [4.69, 9.17) is 9.97 Å². The SMILES string of the molecule is CCN(CC)[C@@H](C)CNC(=O)c1cc(-c2nccs2)nc(-c2cnn3ccc(-c4cccs4)nc23)c1. The first-order valence-electron chi connectivity index (χ1n) is 11.9. The number of aromatic nitrogens is 5. The van der Waals surface area contributed by atoms with E-state index in [0.29, 0.717) is 29.1 Å². The summed E-state index contributed by atoms with van der Waals surface area (Å²) in [6, 6.07) is 9.85. The van der Waals surface area contributed by atoms with E-state index in [1.807, 2.05) is 41.2 Å². The van der Waals surface area contributed by atoms with Gasteiger partial charge in [-0.2, -0.15) is 5.10 Å². The summed E-state index contributed by atoms with van der Waals surface area (Å²) in [5.74, 6) is -0.140. The maximum atomic E-state index is 13.3. The number of nitrogens with one attached hydrogen (secondary N) is 1. The van der Waals surface area contributed by atoms with Crippen molar-refractivity contribution < 1.29 is 4.79 Å². The molecule has 10 heteroatoms. The number of carbonyl (C=O) groups is 1. The molecule has 0 radical (unpaired) electrons. The number of amides is 1. The van der Waals surface area contributed by atoms with Gasteiger partial charge in [-0.15, -0.1) is 22.7 Å². The van der Waals surface area contributed by atoms with Crippen LogP contribution in [0.1, 0.15) is 31.1 Å². The average Bonchev–Trinajstić information content (AvgIpc) is 3.69. The van der Waals surface area contributed by atoms with E-state index in [0.717, 1.165) is 34.2 Å². The lowest BCUT2D eigenvalue weighted by molar-refractivity contribution is 0.0938. The van der Waals surface area contributed by atoms with Crippen molar-refractivity contribution in [3.05, 3.63) is 65.2 Å². The van der Waals surface area contributed by atoms with Crippen molar-refractivity contribution in [3.8, 4) is 32.5 Å². The molecular weight excluding hydrogens is 490 g/mol. The topological polar surface area (TPSA) is 88.3 Å². The summed E-state index contributed by atoms with van der Waals surface area (Å²) >= 11 is 3.13. The molecule has 0 aliphatic heterocycles. The third-order valence-corrected chi connectivity index (χ3v) is 7.84. The van der Waals surface area contributed by atoms with Crippen molar-refractivity contribution in [2.45, 2.75) is 26.8 Å². The second kappa shape index (κ2) is 10.7. The summed E-state index contributed by atoms with van der Waals surface area (Å²) < 4.78 is 1.73.